The van der Waals surface area contributed by atoms with E-state index in [4.69, 9.17) is 20.6 Å². The number of para-hydroxylation sites is 2. The number of aryl methyl sites for hydroxylation is 2. The van der Waals surface area contributed by atoms with Crippen LogP contribution in [0.4, 0.5) is 0 Å². The first-order valence-corrected chi connectivity index (χ1v) is 33.1. The number of phenolic OH excluding ortho intramolecular Hbond substituents is 2. The largest absolute Gasteiger partial charge is 0.508 e. The average molecular weight is 699 g/mol. The Bertz CT molecular complexity index is 1170. The molecule has 0 saturated heterocycles. The Balaban J connectivity index is 2.27. The van der Waals surface area contributed by atoms with Gasteiger partial charge in [-0.05, 0) is 140 Å². The van der Waals surface area contributed by atoms with Crippen LogP contribution in [0.1, 0.15) is 24.0 Å². The third-order valence-corrected chi connectivity index (χ3v) is 28.8. The number of aromatic hydroxyl groups is 2. The Kier molecular flexibility index (Phi) is 13.5. The fraction of sp³-hybridized carbons (Fsp3) is 0.600. The maximum Gasteiger partial charge on any atom is 0.317 e. The van der Waals surface area contributed by atoms with Crippen LogP contribution in [-0.4, -0.2) is 61.1 Å². The van der Waals surface area contributed by atoms with Crippen LogP contribution in [0.15, 0.2) is 48.5 Å². The number of rotatable bonds is 18. The quantitative estimate of drug-likeness (QED) is 0.150. The number of hydrogen-bond donors (Lipinski definition) is 2. The molecule has 244 valence electrons. The van der Waals surface area contributed by atoms with Gasteiger partial charge in [-0.15, -0.1) is 0 Å². The summed E-state index contributed by atoms with van der Waals surface area (Å²) < 4.78 is 34.6. The standard InChI is InChI=1S/C30H58O7Si6/c1-38(2,3)33-40(7,8)35-43(12,26-18-22-28-20-14-16-24-30(28)32)37-41(9,10)36-42(11,34-39(4,5)6)25-17-21-27-19-13-15-23-29(27)31/h13-16,19-20,23-24,31-32H,17-18,21-22,25-26H2,1-12H3. The van der Waals surface area contributed by atoms with Crippen molar-refractivity contribution in [1.29, 1.82) is 0 Å². The lowest BCUT2D eigenvalue weighted by Crippen LogP contribution is -2.61. The molecule has 2 aromatic rings. The van der Waals surface area contributed by atoms with Gasteiger partial charge in [0.05, 0.1) is 0 Å². The van der Waals surface area contributed by atoms with Gasteiger partial charge in [0.25, 0.3) is 0 Å². The minimum absolute atomic E-state index is 0.330. The van der Waals surface area contributed by atoms with E-state index in [1.807, 2.05) is 36.4 Å². The van der Waals surface area contributed by atoms with E-state index in [1.54, 1.807) is 12.1 Å². The second-order valence-electron chi connectivity index (χ2n) is 14.8. The third-order valence-electron chi connectivity index (χ3n) is 6.60. The highest BCUT2D eigenvalue weighted by molar-refractivity contribution is 6.91. The number of benzene rings is 2. The van der Waals surface area contributed by atoms with Gasteiger partial charge in [0, 0.05) is 0 Å². The van der Waals surface area contributed by atoms with Gasteiger partial charge in [-0.3, -0.25) is 0 Å². The fourth-order valence-corrected chi connectivity index (χ4v) is 34.9. The monoisotopic (exact) mass is 698 g/mol. The minimum atomic E-state index is -2.78. The first kappa shape index (κ1) is 38.3. The van der Waals surface area contributed by atoms with Gasteiger partial charge in [0.2, 0.25) is 0 Å². The lowest BCUT2D eigenvalue weighted by atomic mass is 10.1. The molecule has 0 amide bonds. The zero-order valence-corrected chi connectivity index (χ0v) is 34.8. The molecular weight excluding hydrogens is 641 g/mol. The van der Waals surface area contributed by atoms with E-state index in [0.717, 1.165) is 48.9 Å². The summed E-state index contributed by atoms with van der Waals surface area (Å²) in [6, 6.07) is 16.7. The van der Waals surface area contributed by atoms with Crippen LogP contribution in [0.3, 0.4) is 0 Å². The van der Waals surface area contributed by atoms with Crippen molar-refractivity contribution in [3.8, 4) is 11.5 Å². The zero-order chi connectivity index (χ0) is 32.7. The van der Waals surface area contributed by atoms with E-state index in [-0.39, 0.29) is 0 Å². The molecule has 7 nitrogen and oxygen atoms in total. The van der Waals surface area contributed by atoms with Crippen molar-refractivity contribution in [1.82, 2.24) is 0 Å². The molecule has 0 aliphatic rings. The van der Waals surface area contributed by atoms with Crippen LogP contribution < -0.4 is 0 Å². The van der Waals surface area contributed by atoms with Crippen molar-refractivity contribution < 1.29 is 30.8 Å². The van der Waals surface area contributed by atoms with Gasteiger partial charge in [0.15, 0.2) is 16.6 Å². The van der Waals surface area contributed by atoms with Crippen LogP contribution >= 0.6 is 0 Å². The minimum Gasteiger partial charge on any atom is -0.508 e. The average Bonchev–Trinajstić information content (AvgIpc) is 2.77. The Morgan fingerprint density at radius 1 is 0.465 bits per heavy atom. The van der Waals surface area contributed by atoms with E-state index < -0.39 is 50.9 Å². The highest BCUT2D eigenvalue weighted by Gasteiger charge is 2.49. The van der Waals surface area contributed by atoms with Crippen LogP contribution in [-0.2, 0) is 33.4 Å². The zero-order valence-electron chi connectivity index (χ0n) is 28.8. The molecule has 0 spiro atoms. The molecule has 43 heavy (non-hydrogen) atoms. The molecule has 0 aromatic heterocycles. The third kappa shape index (κ3) is 14.9. The van der Waals surface area contributed by atoms with Gasteiger partial charge < -0.3 is 30.8 Å². The summed E-state index contributed by atoms with van der Waals surface area (Å²) in [5.41, 5.74) is 1.89. The Hall–Kier alpha value is -0.859. The van der Waals surface area contributed by atoms with Gasteiger partial charge in [-0.25, -0.2) is 0 Å². The maximum absolute atomic E-state index is 10.3. The highest BCUT2D eigenvalue weighted by Crippen LogP contribution is 2.33. The predicted molar refractivity (Wildman–Crippen MR) is 193 cm³/mol. The van der Waals surface area contributed by atoms with Crippen LogP contribution in [0.2, 0.25) is 90.7 Å². The molecule has 0 aliphatic carbocycles. The maximum atomic E-state index is 10.3. The molecule has 2 atom stereocenters. The molecule has 2 N–H and O–H groups in total. The van der Waals surface area contributed by atoms with Gasteiger partial charge in [-0.2, -0.15) is 0 Å². The first-order valence-electron chi connectivity index (χ1n) is 15.6. The normalized spacial score (nSPS) is 16.1. The topological polar surface area (TPSA) is 86.6 Å². The van der Waals surface area contributed by atoms with Gasteiger partial charge >= 0.3 is 34.2 Å². The molecule has 2 unspecified atom stereocenters. The smallest absolute Gasteiger partial charge is 0.317 e. The van der Waals surface area contributed by atoms with E-state index in [0.29, 0.717) is 11.5 Å². The summed E-state index contributed by atoms with van der Waals surface area (Å²) in [5, 5.41) is 20.6. The second kappa shape index (κ2) is 15.2. The van der Waals surface area contributed by atoms with Crippen molar-refractivity contribution in [2.24, 2.45) is 0 Å². The molecule has 0 fully saturated rings. The first-order chi connectivity index (χ1) is 19.5. The Morgan fingerprint density at radius 3 is 1.14 bits per heavy atom. The number of phenols is 2. The SMILES string of the molecule is C[Si](C)(C)O[Si](C)(C)O[Si](C)(CCCc1ccccc1O)O[Si](C)(C)O[Si](C)(CCCc1ccccc1O)O[Si](C)(C)C. The van der Waals surface area contributed by atoms with E-state index >= 15 is 0 Å². The number of hydrogen-bond acceptors (Lipinski definition) is 7. The summed E-state index contributed by atoms with van der Waals surface area (Å²) in [6.45, 7) is 26.1. The summed E-state index contributed by atoms with van der Waals surface area (Å²) in [4.78, 5) is 0. The van der Waals surface area contributed by atoms with Crippen LogP contribution in [0.25, 0.3) is 0 Å². The molecule has 0 bridgehead atoms. The van der Waals surface area contributed by atoms with Crippen LogP contribution in [0.5, 0.6) is 11.5 Å². The van der Waals surface area contributed by atoms with Crippen LogP contribution in [0, 0.1) is 0 Å². The molecule has 2 rings (SSSR count). The van der Waals surface area contributed by atoms with E-state index in [1.165, 1.54) is 0 Å². The molecule has 0 saturated carbocycles. The Morgan fingerprint density at radius 2 is 0.791 bits per heavy atom. The van der Waals surface area contributed by atoms with Crippen molar-refractivity contribution in [2.75, 3.05) is 0 Å². The predicted octanol–water partition coefficient (Wildman–Crippen LogP) is 8.96. The van der Waals surface area contributed by atoms with Crippen molar-refractivity contribution in [3.63, 3.8) is 0 Å². The van der Waals surface area contributed by atoms with E-state index in [2.05, 4.69) is 78.6 Å². The molecular formula is C30H58O7Si6. The highest BCUT2D eigenvalue weighted by atomic mass is 28.5. The summed E-state index contributed by atoms with van der Waals surface area (Å²) >= 11 is 0. The summed E-state index contributed by atoms with van der Waals surface area (Å²) in [5.74, 6) is 0.669. The lowest BCUT2D eigenvalue weighted by molar-refractivity contribution is 0.273. The molecule has 0 radical (unpaired) electrons. The molecule has 13 heteroatoms. The Labute approximate surface area is 268 Å². The fourth-order valence-electron chi connectivity index (χ4n) is 5.88. The van der Waals surface area contributed by atoms with Crippen molar-refractivity contribution >= 4 is 50.9 Å². The van der Waals surface area contributed by atoms with Crippen molar-refractivity contribution in [2.45, 2.75) is 116 Å². The lowest BCUT2D eigenvalue weighted by Gasteiger charge is -2.44. The molecule has 0 heterocycles. The summed E-state index contributed by atoms with van der Waals surface area (Å²) in [6.07, 6.45) is 3.22. The van der Waals surface area contributed by atoms with Gasteiger partial charge in [-0.1, -0.05) is 36.4 Å². The van der Waals surface area contributed by atoms with Crippen molar-refractivity contribution in [3.05, 3.63) is 59.7 Å². The second-order valence-corrected chi connectivity index (χ2v) is 38.4. The summed E-state index contributed by atoms with van der Waals surface area (Å²) in [7, 11) is -14.4. The van der Waals surface area contributed by atoms with Gasteiger partial charge in [0.1, 0.15) is 11.5 Å². The van der Waals surface area contributed by atoms with E-state index in [9.17, 15) is 10.2 Å². The molecule has 2 aromatic carbocycles. The molecule has 0 aliphatic heterocycles.